The van der Waals surface area contributed by atoms with Gasteiger partial charge < -0.3 is 15.4 Å². The lowest BCUT2D eigenvalue weighted by molar-refractivity contribution is 0.138. The maximum absolute atomic E-state index is 14.4. The van der Waals surface area contributed by atoms with E-state index in [-0.39, 0.29) is 30.6 Å². The first kappa shape index (κ1) is 17.0. The van der Waals surface area contributed by atoms with E-state index in [4.69, 9.17) is 4.74 Å². The molecule has 0 aromatic heterocycles. The highest BCUT2D eigenvalue weighted by molar-refractivity contribution is 5.67. The second kappa shape index (κ2) is 6.68. The Morgan fingerprint density at radius 3 is 2.38 bits per heavy atom. The van der Waals surface area contributed by atoms with E-state index >= 15 is 0 Å². The number of alkyl carbamates (subject to hydrolysis) is 1. The Balaban J connectivity index is 1.45. The monoisotopic (exact) mass is 358 g/mol. The molecule has 1 aliphatic heterocycles. The summed E-state index contributed by atoms with van der Waals surface area (Å²) in [7, 11) is 0. The molecule has 2 aromatic rings. The van der Waals surface area contributed by atoms with Gasteiger partial charge in [-0.05, 0) is 42.6 Å². The largest absolute Gasteiger partial charge is 0.445 e. The summed E-state index contributed by atoms with van der Waals surface area (Å²) >= 11 is 0. The van der Waals surface area contributed by atoms with Crippen LogP contribution in [0, 0.1) is 23.5 Å². The highest BCUT2D eigenvalue weighted by Gasteiger charge is 2.68. The lowest BCUT2D eigenvalue weighted by atomic mass is 9.89. The van der Waals surface area contributed by atoms with Crippen molar-refractivity contribution in [2.24, 2.45) is 11.8 Å². The summed E-state index contributed by atoms with van der Waals surface area (Å²) < 4.78 is 34.0. The first-order chi connectivity index (χ1) is 12.6. The molecule has 2 aromatic carbocycles. The highest BCUT2D eigenvalue weighted by Crippen LogP contribution is 2.62. The van der Waals surface area contributed by atoms with Crippen molar-refractivity contribution in [3.8, 4) is 0 Å². The second-order valence-corrected chi connectivity index (χ2v) is 6.92. The highest BCUT2D eigenvalue weighted by atomic mass is 19.1. The van der Waals surface area contributed by atoms with E-state index in [9.17, 15) is 13.6 Å². The van der Waals surface area contributed by atoms with E-state index in [2.05, 4.69) is 10.6 Å². The van der Waals surface area contributed by atoms with E-state index in [0.717, 1.165) is 5.56 Å². The molecule has 4 nitrogen and oxygen atoms in total. The third-order valence-electron chi connectivity index (χ3n) is 5.59. The van der Waals surface area contributed by atoms with Gasteiger partial charge in [0.2, 0.25) is 0 Å². The number of hydrogen-bond acceptors (Lipinski definition) is 3. The van der Waals surface area contributed by atoms with Crippen LogP contribution >= 0.6 is 0 Å². The Hall–Kier alpha value is -2.47. The minimum Gasteiger partial charge on any atom is -0.445 e. The van der Waals surface area contributed by atoms with Gasteiger partial charge in [0.05, 0.1) is 0 Å². The molecule has 136 valence electrons. The number of amides is 1. The topological polar surface area (TPSA) is 50.4 Å². The average Bonchev–Trinajstić information content (AvgIpc) is 3.00. The summed E-state index contributed by atoms with van der Waals surface area (Å²) in [6, 6.07) is 13.2. The third kappa shape index (κ3) is 2.84. The van der Waals surface area contributed by atoms with Gasteiger partial charge in [-0.15, -0.1) is 0 Å². The van der Waals surface area contributed by atoms with Gasteiger partial charge in [-0.3, -0.25) is 0 Å². The fourth-order valence-electron chi connectivity index (χ4n) is 4.30. The summed E-state index contributed by atoms with van der Waals surface area (Å²) in [5.41, 5.74) is 0.261. The van der Waals surface area contributed by atoms with Crippen molar-refractivity contribution in [1.29, 1.82) is 0 Å². The van der Waals surface area contributed by atoms with Crippen LogP contribution in [-0.2, 0) is 16.8 Å². The number of benzene rings is 2. The molecule has 1 saturated heterocycles. The molecule has 2 fully saturated rings. The normalized spacial score (nSPS) is 26.2. The fourth-order valence-corrected chi connectivity index (χ4v) is 4.30. The number of hydrogen-bond donors (Lipinski definition) is 2. The second-order valence-electron chi connectivity index (χ2n) is 6.92. The molecule has 4 rings (SSSR count). The number of carbonyl (C=O) groups is 1. The van der Waals surface area contributed by atoms with E-state index in [0.29, 0.717) is 13.1 Å². The van der Waals surface area contributed by atoms with Crippen LogP contribution in [0.3, 0.4) is 0 Å². The predicted octanol–water partition coefficient (Wildman–Crippen LogP) is 2.98. The molecule has 26 heavy (non-hydrogen) atoms. The zero-order valence-corrected chi connectivity index (χ0v) is 14.2. The van der Waals surface area contributed by atoms with Gasteiger partial charge in [0.1, 0.15) is 18.2 Å². The van der Waals surface area contributed by atoms with Gasteiger partial charge >= 0.3 is 6.09 Å². The SMILES string of the molecule is O=C(NCC1(c2c(F)cccc2F)[C@@H]2CNC[C@@H]21)OCc1ccccc1. The first-order valence-corrected chi connectivity index (χ1v) is 8.72. The molecule has 2 aliphatic rings. The van der Waals surface area contributed by atoms with E-state index < -0.39 is 23.1 Å². The molecule has 1 aliphatic carbocycles. The molecule has 0 radical (unpaired) electrons. The van der Waals surface area contributed by atoms with Crippen molar-refractivity contribution >= 4 is 6.09 Å². The Bertz CT molecular complexity index is 782. The number of fused-ring (bicyclic) bond motifs is 1. The van der Waals surface area contributed by atoms with Gasteiger partial charge in [0, 0.05) is 17.5 Å². The van der Waals surface area contributed by atoms with Crippen molar-refractivity contribution < 1.29 is 18.3 Å². The summed E-state index contributed by atoms with van der Waals surface area (Å²) in [5, 5.41) is 5.95. The van der Waals surface area contributed by atoms with Crippen LogP contribution in [0.5, 0.6) is 0 Å². The molecule has 6 heteroatoms. The molecule has 1 unspecified atom stereocenters. The molecule has 1 saturated carbocycles. The smallest absolute Gasteiger partial charge is 0.407 e. The van der Waals surface area contributed by atoms with E-state index in [1.807, 2.05) is 30.3 Å². The minimum absolute atomic E-state index is 0.0832. The van der Waals surface area contributed by atoms with Crippen LogP contribution in [-0.4, -0.2) is 25.7 Å². The number of ether oxygens (including phenoxy) is 1. The lowest BCUT2D eigenvalue weighted by Gasteiger charge is -2.23. The number of halogens is 2. The standard InChI is InChI=1S/C20H20F2N2O2/c21-16-7-4-8-17(22)18(16)20(14-9-23-10-15(14)20)12-24-19(25)26-11-13-5-2-1-3-6-13/h1-8,14-15,23H,9-12H2,(H,24,25)/t14-,15+,20?. The molecular formula is C20H20F2N2O2. The van der Waals surface area contributed by atoms with Gasteiger partial charge in [-0.1, -0.05) is 36.4 Å². The molecule has 1 heterocycles. The lowest BCUT2D eigenvalue weighted by Crippen LogP contribution is -2.39. The van der Waals surface area contributed by atoms with Gasteiger partial charge in [-0.25, -0.2) is 13.6 Å². The van der Waals surface area contributed by atoms with Crippen LogP contribution in [0.15, 0.2) is 48.5 Å². The Morgan fingerprint density at radius 2 is 1.73 bits per heavy atom. The summed E-state index contributed by atoms with van der Waals surface area (Å²) in [4.78, 5) is 12.1. The number of piperidine rings is 1. The number of carbonyl (C=O) groups excluding carboxylic acids is 1. The molecule has 0 bridgehead atoms. The van der Waals surface area contributed by atoms with Crippen LogP contribution in [0.2, 0.25) is 0 Å². The molecule has 0 spiro atoms. The zero-order valence-electron chi connectivity index (χ0n) is 14.2. The molecule has 2 N–H and O–H groups in total. The third-order valence-corrected chi connectivity index (χ3v) is 5.59. The Kier molecular flexibility index (Phi) is 4.36. The van der Waals surface area contributed by atoms with E-state index in [1.165, 1.54) is 18.2 Å². The van der Waals surface area contributed by atoms with Gasteiger partial charge in [0.25, 0.3) is 0 Å². The van der Waals surface area contributed by atoms with Crippen LogP contribution in [0.4, 0.5) is 13.6 Å². The minimum atomic E-state index is -0.702. The van der Waals surface area contributed by atoms with Crippen molar-refractivity contribution in [3.05, 3.63) is 71.3 Å². The number of rotatable bonds is 5. The fraction of sp³-hybridized carbons (Fsp3) is 0.350. The Morgan fingerprint density at radius 1 is 1.08 bits per heavy atom. The molecule has 3 atom stereocenters. The Labute approximate surface area is 150 Å². The quantitative estimate of drug-likeness (QED) is 0.864. The van der Waals surface area contributed by atoms with Gasteiger partial charge in [-0.2, -0.15) is 0 Å². The van der Waals surface area contributed by atoms with Crippen LogP contribution in [0.1, 0.15) is 11.1 Å². The summed E-state index contributed by atoms with van der Waals surface area (Å²) in [5.74, 6) is -0.885. The van der Waals surface area contributed by atoms with Crippen molar-refractivity contribution in [2.45, 2.75) is 12.0 Å². The summed E-state index contributed by atoms with van der Waals surface area (Å²) in [6.45, 7) is 1.70. The van der Waals surface area contributed by atoms with Crippen LogP contribution in [0.25, 0.3) is 0 Å². The maximum Gasteiger partial charge on any atom is 0.407 e. The average molecular weight is 358 g/mol. The zero-order chi connectivity index (χ0) is 18.1. The van der Waals surface area contributed by atoms with E-state index in [1.54, 1.807) is 0 Å². The van der Waals surface area contributed by atoms with Crippen molar-refractivity contribution in [2.75, 3.05) is 19.6 Å². The van der Waals surface area contributed by atoms with Gasteiger partial charge in [0.15, 0.2) is 0 Å². The number of nitrogens with one attached hydrogen (secondary N) is 2. The summed E-state index contributed by atoms with van der Waals surface area (Å²) in [6.07, 6.45) is -0.581. The van der Waals surface area contributed by atoms with Crippen molar-refractivity contribution in [1.82, 2.24) is 10.6 Å². The van der Waals surface area contributed by atoms with Crippen molar-refractivity contribution in [3.63, 3.8) is 0 Å². The van der Waals surface area contributed by atoms with Crippen LogP contribution < -0.4 is 10.6 Å². The molecule has 1 amide bonds. The maximum atomic E-state index is 14.4. The predicted molar refractivity (Wildman–Crippen MR) is 92.5 cm³/mol. The first-order valence-electron chi connectivity index (χ1n) is 8.72. The molecular weight excluding hydrogens is 338 g/mol.